The van der Waals surface area contributed by atoms with Crippen LogP contribution in [0.4, 0.5) is 10.2 Å². The minimum Gasteiger partial charge on any atom is -0.503 e. The molecule has 1 aliphatic heterocycles. The highest BCUT2D eigenvalue weighted by molar-refractivity contribution is 6.20. The van der Waals surface area contributed by atoms with Crippen molar-refractivity contribution >= 4 is 28.5 Å². The highest BCUT2D eigenvalue weighted by Gasteiger charge is 2.47. The Labute approximate surface area is 186 Å². The fourth-order valence-corrected chi connectivity index (χ4v) is 3.97. The summed E-state index contributed by atoms with van der Waals surface area (Å²) in [7, 11) is 1.47. The van der Waals surface area contributed by atoms with Crippen LogP contribution in [0.1, 0.15) is 27.9 Å². The van der Waals surface area contributed by atoms with Gasteiger partial charge in [-0.05, 0) is 25.1 Å². The Hall–Kier alpha value is -4.40. The van der Waals surface area contributed by atoms with Crippen LogP contribution in [0.2, 0.25) is 0 Å². The van der Waals surface area contributed by atoms with Gasteiger partial charge in [-0.2, -0.15) is 0 Å². The number of aryl methyl sites for hydroxylation is 1. The topological polar surface area (TPSA) is 106 Å². The lowest BCUT2D eigenvalue weighted by atomic mass is 9.94. The fraction of sp³-hybridized carbons (Fsp3) is 0.125. The summed E-state index contributed by atoms with van der Waals surface area (Å²) < 4.78 is 30.9. The number of methoxy groups -OCH3 is 1. The number of hydrogen-bond acceptors (Lipinski definition) is 7. The first-order valence-corrected chi connectivity index (χ1v) is 9.96. The van der Waals surface area contributed by atoms with E-state index in [0.717, 1.165) is 4.90 Å². The molecular formula is C24H17FN2O6. The quantitative estimate of drug-likeness (QED) is 0.443. The van der Waals surface area contributed by atoms with Crippen LogP contribution in [0.25, 0.3) is 11.0 Å². The first kappa shape index (κ1) is 20.5. The number of aliphatic hydroxyl groups excluding tert-OH is 1. The second kappa shape index (κ2) is 7.63. The number of furan rings is 1. The van der Waals surface area contributed by atoms with Gasteiger partial charge >= 0.3 is 0 Å². The highest BCUT2D eigenvalue weighted by atomic mass is 19.1. The standard InChI is InChI=1S/C24H17FN2O6/c1-12-10-18(26-33-12)27-20(14-7-3-4-8-15(14)25)19(22(29)24(27)30)21(28)17-11-13-6-5-9-16(31-2)23(13)32-17/h3-11,20,29H,1-2H3. The number of ketones is 1. The molecule has 0 bridgehead atoms. The van der Waals surface area contributed by atoms with Crippen LogP contribution in [0.3, 0.4) is 0 Å². The summed E-state index contributed by atoms with van der Waals surface area (Å²) in [6, 6.07) is 12.5. The van der Waals surface area contributed by atoms with E-state index in [-0.39, 0.29) is 22.7 Å². The third-order valence-electron chi connectivity index (χ3n) is 5.47. The third-order valence-corrected chi connectivity index (χ3v) is 5.47. The number of halogens is 1. The molecule has 8 nitrogen and oxygen atoms in total. The van der Waals surface area contributed by atoms with Crippen molar-refractivity contribution in [3.8, 4) is 5.75 Å². The largest absolute Gasteiger partial charge is 0.503 e. The molecule has 0 radical (unpaired) electrons. The molecule has 4 aromatic rings. The maximum Gasteiger partial charge on any atom is 0.295 e. The van der Waals surface area contributed by atoms with Gasteiger partial charge in [-0.1, -0.05) is 35.5 Å². The van der Waals surface area contributed by atoms with Gasteiger partial charge in [0.05, 0.1) is 18.7 Å². The Balaban J connectivity index is 1.68. The zero-order chi connectivity index (χ0) is 23.3. The minimum absolute atomic E-state index is 0.00703. The summed E-state index contributed by atoms with van der Waals surface area (Å²) >= 11 is 0. The number of benzene rings is 2. The van der Waals surface area contributed by atoms with Gasteiger partial charge in [0.25, 0.3) is 5.91 Å². The molecule has 166 valence electrons. The van der Waals surface area contributed by atoms with E-state index in [4.69, 9.17) is 13.7 Å². The molecule has 1 N–H and O–H groups in total. The van der Waals surface area contributed by atoms with Gasteiger partial charge in [-0.3, -0.25) is 14.5 Å². The van der Waals surface area contributed by atoms with E-state index in [1.54, 1.807) is 31.2 Å². The van der Waals surface area contributed by atoms with Crippen LogP contribution >= 0.6 is 0 Å². The number of carbonyl (C=O) groups excluding carboxylic acids is 2. The van der Waals surface area contributed by atoms with Crippen molar-refractivity contribution in [3.05, 3.63) is 88.8 Å². The van der Waals surface area contributed by atoms with Gasteiger partial charge in [0.2, 0.25) is 5.78 Å². The van der Waals surface area contributed by atoms with Crippen molar-refractivity contribution in [1.29, 1.82) is 0 Å². The Kier molecular flexibility index (Phi) is 4.74. The van der Waals surface area contributed by atoms with Crippen molar-refractivity contribution in [2.24, 2.45) is 0 Å². The second-order valence-electron chi connectivity index (χ2n) is 7.48. The Morgan fingerprint density at radius 1 is 1.18 bits per heavy atom. The summed E-state index contributed by atoms with van der Waals surface area (Å²) in [5.41, 5.74) is 0.00978. The highest BCUT2D eigenvalue weighted by Crippen LogP contribution is 2.43. The number of aliphatic hydroxyl groups is 1. The lowest BCUT2D eigenvalue weighted by Crippen LogP contribution is -2.31. The lowest BCUT2D eigenvalue weighted by molar-refractivity contribution is -0.117. The van der Waals surface area contributed by atoms with E-state index in [9.17, 15) is 19.1 Å². The molecule has 3 heterocycles. The second-order valence-corrected chi connectivity index (χ2v) is 7.48. The first-order valence-electron chi connectivity index (χ1n) is 9.96. The molecule has 0 spiro atoms. The summed E-state index contributed by atoms with van der Waals surface area (Å²) in [4.78, 5) is 27.6. The number of hydrogen-bond donors (Lipinski definition) is 1. The molecule has 1 amide bonds. The van der Waals surface area contributed by atoms with E-state index in [1.165, 1.54) is 37.4 Å². The van der Waals surface area contributed by atoms with Crippen molar-refractivity contribution in [1.82, 2.24) is 5.16 Å². The fourth-order valence-electron chi connectivity index (χ4n) is 3.97. The van der Waals surface area contributed by atoms with Gasteiger partial charge in [0, 0.05) is 17.0 Å². The molecule has 0 saturated heterocycles. The molecule has 2 aromatic heterocycles. The normalized spacial score (nSPS) is 16.2. The Morgan fingerprint density at radius 3 is 2.67 bits per heavy atom. The first-order chi connectivity index (χ1) is 15.9. The van der Waals surface area contributed by atoms with Gasteiger partial charge < -0.3 is 18.8 Å². The summed E-state index contributed by atoms with van der Waals surface area (Å²) in [6.45, 7) is 1.62. The predicted octanol–water partition coefficient (Wildman–Crippen LogP) is 4.66. The summed E-state index contributed by atoms with van der Waals surface area (Å²) in [5.74, 6) is -2.45. The Bertz CT molecular complexity index is 1450. The monoisotopic (exact) mass is 448 g/mol. The van der Waals surface area contributed by atoms with Gasteiger partial charge in [0.15, 0.2) is 28.7 Å². The predicted molar refractivity (Wildman–Crippen MR) is 115 cm³/mol. The number of aromatic nitrogens is 1. The van der Waals surface area contributed by atoms with Crippen molar-refractivity contribution in [2.75, 3.05) is 12.0 Å². The van der Waals surface area contributed by atoms with Crippen molar-refractivity contribution in [3.63, 3.8) is 0 Å². The maximum absolute atomic E-state index is 14.9. The number of ether oxygens (including phenoxy) is 1. The smallest absolute Gasteiger partial charge is 0.295 e. The number of para-hydroxylation sites is 1. The van der Waals surface area contributed by atoms with E-state index >= 15 is 0 Å². The van der Waals surface area contributed by atoms with Crippen molar-refractivity contribution in [2.45, 2.75) is 13.0 Å². The number of fused-ring (bicyclic) bond motifs is 1. The molecule has 9 heteroatoms. The molecule has 0 aliphatic carbocycles. The van der Waals surface area contributed by atoms with Crippen LogP contribution in [0.5, 0.6) is 5.75 Å². The van der Waals surface area contributed by atoms with E-state index in [2.05, 4.69) is 5.16 Å². The van der Waals surface area contributed by atoms with Crippen LogP contribution < -0.4 is 9.64 Å². The number of anilines is 1. The summed E-state index contributed by atoms with van der Waals surface area (Å²) in [5, 5.41) is 15.2. The Morgan fingerprint density at radius 2 is 1.97 bits per heavy atom. The zero-order valence-electron chi connectivity index (χ0n) is 17.5. The van der Waals surface area contributed by atoms with Gasteiger partial charge in [-0.15, -0.1) is 0 Å². The van der Waals surface area contributed by atoms with Crippen LogP contribution in [0, 0.1) is 12.7 Å². The van der Waals surface area contributed by atoms with Crippen LogP contribution in [-0.4, -0.2) is 29.1 Å². The lowest BCUT2D eigenvalue weighted by Gasteiger charge is -2.24. The molecular weight excluding hydrogens is 431 g/mol. The maximum atomic E-state index is 14.9. The van der Waals surface area contributed by atoms with Gasteiger partial charge in [0.1, 0.15) is 11.6 Å². The van der Waals surface area contributed by atoms with E-state index in [1.807, 2.05) is 0 Å². The summed E-state index contributed by atoms with van der Waals surface area (Å²) in [6.07, 6.45) is 0. The zero-order valence-corrected chi connectivity index (χ0v) is 17.5. The van der Waals surface area contributed by atoms with E-state index < -0.39 is 29.3 Å². The molecule has 1 aliphatic rings. The van der Waals surface area contributed by atoms with E-state index in [0.29, 0.717) is 22.5 Å². The molecule has 2 aromatic carbocycles. The molecule has 33 heavy (non-hydrogen) atoms. The molecule has 1 unspecified atom stereocenters. The number of amides is 1. The third kappa shape index (κ3) is 3.16. The SMILES string of the molecule is COc1cccc2cc(C(=O)C3=C(O)C(=O)N(c4cc(C)on4)C3c3ccccc3F)oc12. The molecule has 0 saturated carbocycles. The van der Waals surface area contributed by atoms with Gasteiger partial charge in [-0.25, -0.2) is 4.39 Å². The molecule has 1 atom stereocenters. The number of carbonyl (C=O) groups is 2. The average molecular weight is 448 g/mol. The molecule has 0 fully saturated rings. The number of Topliss-reactive ketones (excluding diaryl/α,β-unsaturated/α-hetero) is 1. The molecule has 5 rings (SSSR count). The van der Waals surface area contributed by atoms with Crippen molar-refractivity contribution < 1.29 is 32.8 Å². The minimum atomic E-state index is -1.29. The number of nitrogens with zero attached hydrogens (tertiary/aromatic N) is 2. The average Bonchev–Trinajstić information content (AvgIpc) is 3.50. The number of rotatable bonds is 5. The van der Waals surface area contributed by atoms with Crippen LogP contribution in [-0.2, 0) is 4.79 Å². The van der Waals surface area contributed by atoms with Crippen LogP contribution in [0.15, 0.2) is 74.9 Å².